The summed E-state index contributed by atoms with van der Waals surface area (Å²) in [7, 11) is 0. The number of anilines is 1. The average molecular weight is 454 g/mol. The van der Waals surface area contributed by atoms with Gasteiger partial charge < -0.3 is 5.32 Å². The van der Waals surface area contributed by atoms with Gasteiger partial charge in [0.15, 0.2) is 5.13 Å². The fraction of sp³-hybridized carbons (Fsp3) is 0.0769. The highest BCUT2D eigenvalue weighted by atomic mass is 32.1. The van der Waals surface area contributed by atoms with E-state index in [4.69, 9.17) is 0 Å². The van der Waals surface area contributed by atoms with Crippen LogP contribution >= 0.6 is 11.3 Å². The van der Waals surface area contributed by atoms with Crippen molar-refractivity contribution in [3.8, 4) is 22.4 Å². The Bertz CT molecular complexity index is 1310. The molecule has 0 spiro atoms. The number of aromatic nitrogens is 1. The predicted octanol–water partition coefficient (Wildman–Crippen LogP) is 5.10. The van der Waals surface area contributed by atoms with E-state index in [1.807, 2.05) is 47.8 Å². The van der Waals surface area contributed by atoms with Crippen LogP contribution in [0.2, 0.25) is 0 Å². The molecule has 0 aliphatic carbocycles. The number of nitrogens with zero attached hydrogens (tertiary/aromatic N) is 2. The lowest BCUT2D eigenvalue weighted by atomic mass is 10.0. The second-order valence-electron chi connectivity index (χ2n) is 7.59. The molecule has 0 fully saturated rings. The number of thiazole rings is 1. The molecule has 3 amide bonds. The third kappa shape index (κ3) is 4.18. The van der Waals surface area contributed by atoms with Crippen molar-refractivity contribution in [1.29, 1.82) is 0 Å². The maximum Gasteiger partial charge on any atom is 0.261 e. The molecular weight excluding hydrogens is 434 g/mol. The summed E-state index contributed by atoms with van der Waals surface area (Å²) < 4.78 is 0. The molecule has 2 heterocycles. The van der Waals surface area contributed by atoms with Crippen LogP contribution in [0.5, 0.6) is 0 Å². The third-order valence-electron chi connectivity index (χ3n) is 5.48. The minimum atomic E-state index is -0.362. The molecular formula is C26H19N3O3S. The molecule has 1 aliphatic rings. The summed E-state index contributed by atoms with van der Waals surface area (Å²) in [5, 5.41) is 5.13. The van der Waals surface area contributed by atoms with Gasteiger partial charge in [0.1, 0.15) is 0 Å². The van der Waals surface area contributed by atoms with E-state index in [9.17, 15) is 14.4 Å². The van der Waals surface area contributed by atoms with Crippen LogP contribution in [0.4, 0.5) is 5.13 Å². The number of fused-ring (bicyclic) bond motifs is 1. The second kappa shape index (κ2) is 8.80. The normalized spacial score (nSPS) is 12.7. The minimum Gasteiger partial charge on any atom is -0.302 e. The molecule has 7 heteroatoms. The zero-order valence-corrected chi connectivity index (χ0v) is 18.3. The maximum absolute atomic E-state index is 12.4. The molecule has 162 valence electrons. The first-order valence-corrected chi connectivity index (χ1v) is 11.3. The monoisotopic (exact) mass is 453 g/mol. The lowest BCUT2D eigenvalue weighted by molar-refractivity contribution is -0.116. The second-order valence-corrected chi connectivity index (χ2v) is 8.45. The van der Waals surface area contributed by atoms with Crippen molar-refractivity contribution in [1.82, 2.24) is 9.88 Å². The number of hydrogen-bond donors (Lipinski definition) is 1. The van der Waals surface area contributed by atoms with Gasteiger partial charge in [-0.05, 0) is 23.3 Å². The van der Waals surface area contributed by atoms with E-state index < -0.39 is 0 Å². The van der Waals surface area contributed by atoms with E-state index in [2.05, 4.69) is 22.4 Å². The van der Waals surface area contributed by atoms with Crippen molar-refractivity contribution >= 4 is 34.2 Å². The SMILES string of the molecule is O=C(CCN1C(=O)c2ccccc2C1=O)Nc1nc(-c2ccc(-c3ccccc3)cc2)cs1. The van der Waals surface area contributed by atoms with Gasteiger partial charge in [-0.1, -0.05) is 66.7 Å². The number of benzene rings is 3. The van der Waals surface area contributed by atoms with Crippen LogP contribution in [0.25, 0.3) is 22.4 Å². The van der Waals surface area contributed by atoms with E-state index in [-0.39, 0.29) is 30.7 Å². The number of hydrogen-bond acceptors (Lipinski definition) is 5. The number of imide groups is 1. The van der Waals surface area contributed by atoms with Crippen LogP contribution in [0, 0.1) is 0 Å². The molecule has 5 rings (SSSR count). The fourth-order valence-electron chi connectivity index (χ4n) is 3.77. The summed E-state index contributed by atoms with van der Waals surface area (Å²) >= 11 is 1.33. The summed E-state index contributed by atoms with van der Waals surface area (Å²) in [6.07, 6.45) is 0.00611. The summed E-state index contributed by atoms with van der Waals surface area (Å²) in [4.78, 5) is 42.9. The topological polar surface area (TPSA) is 79.4 Å². The van der Waals surface area contributed by atoms with Gasteiger partial charge >= 0.3 is 0 Å². The number of amides is 3. The molecule has 0 unspecified atom stereocenters. The van der Waals surface area contributed by atoms with Gasteiger partial charge in [-0.3, -0.25) is 19.3 Å². The maximum atomic E-state index is 12.4. The van der Waals surface area contributed by atoms with Gasteiger partial charge in [0, 0.05) is 23.9 Å². The van der Waals surface area contributed by atoms with Crippen LogP contribution in [0.1, 0.15) is 27.1 Å². The Hall–Kier alpha value is -4.10. The summed E-state index contributed by atoms with van der Waals surface area (Å²) in [6.45, 7) is 0.0252. The van der Waals surface area contributed by atoms with Crippen molar-refractivity contribution < 1.29 is 14.4 Å². The molecule has 1 N–H and O–H groups in total. The lowest BCUT2D eigenvalue weighted by Gasteiger charge is -2.12. The Morgan fingerprint density at radius 2 is 1.36 bits per heavy atom. The summed E-state index contributed by atoms with van der Waals surface area (Å²) in [5.74, 6) is -1.02. The Morgan fingerprint density at radius 3 is 2.03 bits per heavy atom. The highest BCUT2D eigenvalue weighted by molar-refractivity contribution is 7.14. The summed E-state index contributed by atoms with van der Waals surface area (Å²) in [5.41, 5.74) is 4.76. The molecule has 4 aromatic rings. The van der Waals surface area contributed by atoms with Crippen molar-refractivity contribution in [2.45, 2.75) is 6.42 Å². The van der Waals surface area contributed by atoms with Crippen LogP contribution < -0.4 is 5.32 Å². The van der Waals surface area contributed by atoms with Gasteiger partial charge in [-0.2, -0.15) is 0 Å². The van der Waals surface area contributed by atoms with Crippen LogP contribution in [0.3, 0.4) is 0 Å². The molecule has 3 aromatic carbocycles. The van der Waals surface area contributed by atoms with E-state index in [1.54, 1.807) is 24.3 Å². The highest BCUT2D eigenvalue weighted by Crippen LogP contribution is 2.28. The van der Waals surface area contributed by atoms with E-state index >= 15 is 0 Å². The first-order valence-electron chi connectivity index (χ1n) is 10.5. The molecule has 0 bridgehead atoms. The smallest absolute Gasteiger partial charge is 0.261 e. The van der Waals surface area contributed by atoms with E-state index in [1.165, 1.54) is 11.3 Å². The van der Waals surface area contributed by atoms with Crippen molar-refractivity contribution in [2.24, 2.45) is 0 Å². The Balaban J connectivity index is 1.19. The molecule has 1 aliphatic heterocycles. The average Bonchev–Trinajstić information content (AvgIpc) is 3.41. The number of nitrogens with one attached hydrogen (secondary N) is 1. The molecule has 1 aromatic heterocycles. The van der Waals surface area contributed by atoms with Crippen LogP contribution in [0.15, 0.2) is 84.2 Å². The summed E-state index contributed by atoms with van der Waals surface area (Å²) in [6, 6.07) is 24.9. The Kier molecular flexibility index (Phi) is 5.54. The van der Waals surface area contributed by atoms with E-state index in [0.29, 0.717) is 16.3 Å². The standard InChI is InChI=1S/C26H19N3O3S/c30-23(14-15-29-24(31)20-8-4-5-9-21(20)25(29)32)28-26-27-22(16-33-26)19-12-10-18(11-13-19)17-6-2-1-3-7-17/h1-13,16H,14-15H2,(H,27,28,30). The highest BCUT2D eigenvalue weighted by Gasteiger charge is 2.34. The van der Waals surface area contributed by atoms with Gasteiger partial charge in [-0.15, -0.1) is 11.3 Å². The molecule has 6 nitrogen and oxygen atoms in total. The number of rotatable bonds is 6. The molecule has 0 atom stereocenters. The van der Waals surface area contributed by atoms with Gasteiger partial charge in [-0.25, -0.2) is 4.98 Å². The van der Waals surface area contributed by atoms with Crippen molar-refractivity contribution in [2.75, 3.05) is 11.9 Å². The van der Waals surface area contributed by atoms with Crippen molar-refractivity contribution in [3.63, 3.8) is 0 Å². The molecule has 0 radical (unpaired) electrons. The molecule has 0 saturated carbocycles. The number of carbonyl (C=O) groups excluding carboxylic acids is 3. The zero-order valence-electron chi connectivity index (χ0n) is 17.5. The molecule has 0 saturated heterocycles. The van der Waals surface area contributed by atoms with Gasteiger partial charge in [0.2, 0.25) is 5.91 Å². The Morgan fingerprint density at radius 1 is 0.788 bits per heavy atom. The van der Waals surface area contributed by atoms with Gasteiger partial charge in [0.25, 0.3) is 11.8 Å². The fourth-order valence-corrected chi connectivity index (χ4v) is 4.50. The van der Waals surface area contributed by atoms with Crippen molar-refractivity contribution in [3.05, 3.63) is 95.4 Å². The lowest BCUT2D eigenvalue weighted by Crippen LogP contribution is -2.32. The quantitative estimate of drug-likeness (QED) is 0.412. The largest absolute Gasteiger partial charge is 0.302 e. The Labute approximate surface area is 194 Å². The first kappa shape index (κ1) is 20.8. The van der Waals surface area contributed by atoms with Crippen LogP contribution in [-0.4, -0.2) is 34.2 Å². The first-order chi connectivity index (χ1) is 16.1. The predicted molar refractivity (Wildman–Crippen MR) is 128 cm³/mol. The third-order valence-corrected chi connectivity index (χ3v) is 6.24. The number of carbonyl (C=O) groups is 3. The molecule has 33 heavy (non-hydrogen) atoms. The van der Waals surface area contributed by atoms with E-state index in [0.717, 1.165) is 27.3 Å². The van der Waals surface area contributed by atoms with Crippen LogP contribution in [-0.2, 0) is 4.79 Å². The van der Waals surface area contributed by atoms with Gasteiger partial charge in [0.05, 0.1) is 16.8 Å². The zero-order chi connectivity index (χ0) is 22.8. The minimum absolute atomic E-state index is 0.00611.